The first-order chi connectivity index (χ1) is 12.5. The van der Waals surface area contributed by atoms with Crippen LogP contribution in [0.3, 0.4) is 0 Å². The Labute approximate surface area is 153 Å². The Balaban J connectivity index is 1.76. The number of ether oxygens (including phenoxy) is 1. The van der Waals surface area contributed by atoms with Gasteiger partial charge in [-0.3, -0.25) is 4.90 Å². The van der Waals surface area contributed by atoms with Gasteiger partial charge >= 0.3 is 12.1 Å². The van der Waals surface area contributed by atoms with Crippen LogP contribution in [0.1, 0.15) is 29.5 Å². The summed E-state index contributed by atoms with van der Waals surface area (Å²) in [6.45, 7) is 2.52. The maximum absolute atomic E-state index is 12.6. The van der Waals surface area contributed by atoms with Gasteiger partial charge in [-0.15, -0.1) is 0 Å². The summed E-state index contributed by atoms with van der Waals surface area (Å²) in [5.74, 6) is -0.979. The smallest absolute Gasteiger partial charge is 0.411 e. The Morgan fingerprint density at radius 3 is 2.42 bits per heavy atom. The number of benzene rings is 2. The fourth-order valence-electron chi connectivity index (χ4n) is 3.47. The number of rotatable bonds is 5. The second-order valence-electron chi connectivity index (χ2n) is 6.79. The van der Waals surface area contributed by atoms with Crippen molar-refractivity contribution in [3.63, 3.8) is 0 Å². The van der Waals surface area contributed by atoms with E-state index in [4.69, 9.17) is 4.74 Å². The lowest BCUT2D eigenvalue weighted by Crippen LogP contribution is -2.54. The molecule has 1 fully saturated rings. The Morgan fingerprint density at radius 1 is 1.08 bits per heavy atom. The molecule has 1 amide bonds. The molecule has 136 valence electrons. The highest BCUT2D eigenvalue weighted by molar-refractivity contribution is 5.85. The molecule has 1 atom stereocenters. The predicted octanol–water partition coefficient (Wildman–Crippen LogP) is 3.79. The van der Waals surface area contributed by atoms with Crippen LogP contribution in [0, 0.1) is 6.92 Å². The molecule has 0 aromatic heterocycles. The quantitative estimate of drug-likeness (QED) is 0.888. The minimum atomic E-state index is -1.25. The molecule has 1 aliphatic heterocycles. The number of amides is 1. The topological polar surface area (TPSA) is 66.8 Å². The van der Waals surface area contributed by atoms with Gasteiger partial charge in [0, 0.05) is 13.0 Å². The highest BCUT2D eigenvalue weighted by Gasteiger charge is 2.50. The normalized spacial score (nSPS) is 19.3. The van der Waals surface area contributed by atoms with Crippen LogP contribution in [-0.4, -0.2) is 34.2 Å². The third-order valence-electron chi connectivity index (χ3n) is 4.93. The molecule has 26 heavy (non-hydrogen) atoms. The number of hydrogen-bond acceptors (Lipinski definition) is 3. The molecule has 5 heteroatoms. The molecule has 1 heterocycles. The van der Waals surface area contributed by atoms with Crippen LogP contribution in [0.4, 0.5) is 4.79 Å². The minimum Gasteiger partial charge on any atom is -0.479 e. The van der Waals surface area contributed by atoms with Crippen LogP contribution in [-0.2, 0) is 22.6 Å². The standard InChI is InChI=1S/C21H23NO4/c1-16-8-10-17(11-9-16)14-21(19(23)24)12-5-13-22(21)20(25)26-15-18-6-3-2-4-7-18/h2-4,6-11H,5,12-15H2,1H3,(H,23,24). The van der Waals surface area contributed by atoms with Crippen LogP contribution < -0.4 is 0 Å². The summed E-state index contributed by atoms with van der Waals surface area (Å²) in [7, 11) is 0. The number of nitrogens with zero attached hydrogens (tertiary/aromatic N) is 1. The molecular weight excluding hydrogens is 330 g/mol. The molecule has 1 aliphatic rings. The zero-order valence-electron chi connectivity index (χ0n) is 14.9. The highest BCUT2D eigenvalue weighted by atomic mass is 16.6. The fraction of sp³-hybridized carbons (Fsp3) is 0.333. The zero-order chi connectivity index (χ0) is 18.6. The first-order valence-corrected chi connectivity index (χ1v) is 8.78. The molecule has 2 aromatic carbocycles. The maximum atomic E-state index is 12.6. The van der Waals surface area contributed by atoms with Crippen molar-refractivity contribution < 1.29 is 19.4 Å². The van der Waals surface area contributed by atoms with E-state index in [1.54, 1.807) is 0 Å². The van der Waals surface area contributed by atoms with E-state index < -0.39 is 17.6 Å². The number of aryl methyl sites for hydroxylation is 1. The monoisotopic (exact) mass is 353 g/mol. The molecule has 1 saturated heterocycles. The van der Waals surface area contributed by atoms with E-state index >= 15 is 0 Å². The van der Waals surface area contributed by atoms with Gasteiger partial charge in [0.2, 0.25) is 0 Å². The summed E-state index contributed by atoms with van der Waals surface area (Å²) >= 11 is 0. The van der Waals surface area contributed by atoms with E-state index in [1.807, 2.05) is 61.5 Å². The van der Waals surface area contributed by atoms with Crippen molar-refractivity contribution in [2.24, 2.45) is 0 Å². The van der Waals surface area contributed by atoms with Crippen LogP contribution in [0.5, 0.6) is 0 Å². The van der Waals surface area contributed by atoms with E-state index in [0.29, 0.717) is 19.4 Å². The number of carboxylic acids is 1. The maximum Gasteiger partial charge on any atom is 0.411 e. The lowest BCUT2D eigenvalue weighted by molar-refractivity contribution is -0.148. The first-order valence-electron chi connectivity index (χ1n) is 8.78. The van der Waals surface area contributed by atoms with Gasteiger partial charge < -0.3 is 9.84 Å². The number of carbonyl (C=O) groups excluding carboxylic acids is 1. The summed E-state index contributed by atoms with van der Waals surface area (Å²) in [4.78, 5) is 26.1. The first kappa shape index (κ1) is 18.0. The third-order valence-corrected chi connectivity index (χ3v) is 4.93. The summed E-state index contributed by atoms with van der Waals surface area (Å²) in [6, 6.07) is 17.1. The van der Waals surface area contributed by atoms with E-state index in [-0.39, 0.29) is 13.0 Å². The summed E-state index contributed by atoms with van der Waals surface area (Å²) in [5.41, 5.74) is 1.65. The van der Waals surface area contributed by atoms with Crippen LogP contribution in [0.2, 0.25) is 0 Å². The summed E-state index contributed by atoms with van der Waals surface area (Å²) in [5, 5.41) is 9.93. The molecule has 2 aromatic rings. The van der Waals surface area contributed by atoms with Crippen molar-refractivity contribution >= 4 is 12.1 Å². The largest absolute Gasteiger partial charge is 0.479 e. The van der Waals surface area contributed by atoms with Gasteiger partial charge in [0.25, 0.3) is 0 Å². The number of carbonyl (C=O) groups is 2. The van der Waals surface area contributed by atoms with Gasteiger partial charge in [0.05, 0.1) is 0 Å². The van der Waals surface area contributed by atoms with Crippen molar-refractivity contribution in [2.75, 3.05) is 6.54 Å². The summed E-state index contributed by atoms with van der Waals surface area (Å²) in [6.07, 6.45) is 0.791. The SMILES string of the molecule is Cc1ccc(CC2(C(=O)O)CCCN2C(=O)OCc2ccccc2)cc1. The average Bonchev–Trinajstić information content (AvgIpc) is 3.07. The number of carboxylic acid groups (broad SMARTS) is 1. The second-order valence-corrected chi connectivity index (χ2v) is 6.79. The molecule has 1 unspecified atom stereocenters. The lowest BCUT2D eigenvalue weighted by atomic mass is 9.88. The Morgan fingerprint density at radius 2 is 1.77 bits per heavy atom. The molecule has 1 N–H and O–H groups in total. The highest BCUT2D eigenvalue weighted by Crippen LogP contribution is 2.34. The molecule has 0 saturated carbocycles. The number of aliphatic carboxylic acids is 1. The third kappa shape index (κ3) is 3.72. The Hall–Kier alpha value is -2.82. The van der Waals surface area contributed by atoms with Crippen molar-refractivity contribution in [3.8, 4) is 0 Å². The van der Waals surface area contributed by atoms with Crippen molar-refractivity contribution in [2.45, 2.75) is 38.3 Å². The molecule has 5 nitrogen and oxygen atoms in total. The molecule has 0 bridgehead atoms. The summed E-state index contributed by atoms with van der Waals surface area (Å²) < 4.78 is 5.40. The van der Waals surface area contributed by atoms with Crippen molar-refractivity contribution in [3.05, 3.63) is 71.3 Å². The predicted molar refractivity (Wildman–Crippen MR) is 97.8 cm³/mol. The van der Waals surface area contributed by atoms with E-state index in [1.165, 1.54) is 4.90 Å². The fourth-order valence-corrected chi connectivity index (χ4v) is 3.47. The Kier molecular flexibility index (Phi) is 5.26. The van der Waals surface area contributed by atoms with Gasteiger partial charge in [0.15, 0.2) is 0 Å². The van der Waals surface area contributed by atoms with E-state index in [9.17, 15) is 14.7 Å². The molecule has 0 radical (unpaired) electrons. The van der Waals surface area contributed by atoms with Crippen molar-refractivity contribution in [1.29, 1.82) is 0 Å². The van der Waals surface area contributed by atoms with Crippen LogP contribution >= 0.6 is 0 Å². The zero-order valence-corrected chi connectivity index (χ0v) is 14.9. The lowest BCUT2D eigenvalue weighted by Gasteiger charge is -2.34. The molecule has 0 aliphatic carbocycles. The number of hydrogen-bond donors (Lipinski definition) is 1. The molecule has 0 spiro atoms. The minimum absolute atomic E-state index is 0.135. The van der Waals surface area contributed by atoms with Gasteiger partial charge in [0.1, 0.15) is 12.1 Å². The van der Waals surface area contributed by atoms with Gasteiger partial charge in [-0.05, 0) is 30.9 Å². The second kappa shape index (κ2) is 7.60. The molecule has 3 rings (SSSR count). The van der Waals surface area contributed by atoms with Crippen LogP contribution in [0.15, 0.2) is 54.6 Å². The molecular formula is C21H23NO4. The van der Waals surface area contributed by atoms with Gasteiger partial charge in [-0.2, -0.15) is 0 Å². The van der Waals surface area contributed by atoms with Gasteiger partial charge in [-0.1, -0.05) is 60.2 Å². The Bertz CT molecular complexity index is 772. The number of likely N-dealkylation sites (tertiary alicyclic amines) is 1. The van der Waals surface area contributed by atoms with E-state index in [2.05, 4.69) is 0 Å². The van der Waals surface area contributed by atoms with Crippen molar-refractivity contribution in [1.82, 2.24) is 4.90 Å². The van der Waals surface area contributed by atoms with Crippen LogP contribution in [0.25, 0.3) is 0 Å². The average molecular weight is 353 g/mol. The van der Waals surface area contributed by atoms with E-state index in [0.717, 1.165) is 16.7 Å². The van der Waals surface area contributed by atoms with Gasteiger partial charge in [-0.25, -0.2) is 9.59 Å².